The Kier molecular flexibility index (Phi) is 2.87. The zero-order chi connectivity index (χ0) is 10.9. The Hall–Kier alpha value is -0.770. The number of hydrogen-bond donors (Lipinski definition) is 2. The molecular formula is C11H20N2O2. The van der Waals surface area contributed by atoms with Gasteiger partial charge in [0.05, 0.1) is 0 Å². The first-order valence-electron chi connectivity index (χ1n) is 5.83. The molecular weight excluding hydrogens is 192 g/mol. The molecule has 0 unspecified atom stereocenters. The zero-order valence-electron chi connectivity index (χ0n) is 9.33. The van der Waals surface area contributed by atoms with Crippen LogP contribution in [0.3, 0.4) is 0 Å². The van der Waals surface area contributed by atoms with Gasteiger partial charge >= 0.3 is 6.03 Å². The van der Waals surface area contributed by atoms with Crippen molar-refractivity contribution in [3.05, 3.63) is 0 Å². The lowest BCUT2D eigenvalue weighted by molar-refractivity contribution is 0.0769. The lowest BCUT2D eigenvalue weighted by atomic mass is 10.0. The van der Waals surface area contributed by atoms with Crippen molar-refractivity contribution in [1.29, 1.82) is 0 Å². The van der Waals surface area contributed by atoms with E-state index in [1.165, 1.54) is 12.8 Å². The summed E-state index contributed by atoms with van der Waals surface area (Å²) in [6.07, 6.45) is 3.67. The number of hydrogen-bond acceptors (Lipinski definition) is 2. The van der Waals surface area contributed by atoms with E-state index >= 15 is 0 Å². The highest BCUT2D eigenvalue weighted by Gasteiger charge is 2.41. The molecule has 86 valence electrons. The summed E-state index contributed by atoms with van der Waals surface area (Å²) in [5.41, 5.74) is 0.414. The zero-order valence-corrected chi connectivity index (χ0v) is 9.33. The topological polar surface area (TPSA) is 52.6 Å². The molecule has 1 aliphatic carbocycles. The van der Waals surface area contributed by atoms with E-state index in [1.54, 1.807) is 4.90 Å². The predicted octanol–water partition coefficient (Wildman–Crippen LogP) is 0.810. The molecule has 1 heterocycles. The Balaban J connectivity index is 1.66. The minimum Gasteiger partial charge on any atom is -0.396 e. The monoisotopic (exact) mass is 212 g/mol. The maximum Gasteiger partial charge on any atom is 0.317 e. The van der Waals surface area contributed by atoms with Crippen molar-refractivity contribution in [1.82, 2.24) is 10.2 Å². The van der Waals surface area contributed by atoms with E-state index in [4.69, 9.17) is 5.11 Å². The van der Waals surface area contributed by atoms with E-state index in [-0.39, 0.29) is 12.6 Å². The Bertz CT molecular complexity index is 245. The van der Waals surface area contributed by atoms with Crippen molar-refractivity contribution in [2.45, 2.75) is 26.2 Å². The molecule has 0 atom stereocenters. The second kappa shape index (κ2) is 4.00. The molecule has 0 aromatic carbocycles. The third kappa shape index (κ3) is 2.25. The van der Waals surface area contributed by atoms with Crippen LogP contribution in [0.1, 0.15) is 26.2 Å². The van der Waals surface area contributed by atoms with E-state index in [1.807, 2.05) is 0 Å². The average Bonchev–Trinajstić information content (AvgIpc) is 2.94. The molecule has 15 heavy (non-hydrogen) atoms. The van der Waals surface area contributed by atoms with Crippen molar-refractivity contribution < 1.29 is 9.90 Å². The van der Waals surface area contributed by atoms with Gasteiger partial charge < -0.3 is 15.3 Å². The average molecular weight is 212 g/mol. The number of amides is 2. The van der Waals surface area contributed by atoms with Crippen molar-refractivity contribution in [3.63, 3.8) is 0 Å². The molecule has 0 aromatic heterocycles. The third-order valence-electron chi connectivity index (χ3n) is 3.82. The lowest BCUT2D eigenvalue weighted by Gasteiger charge is -2.38. The first-order valence-corrected chi connectivity index (χ1v) is 5.83. The van der Waals surface area contributed by atoms with Gasteiger partial charge in [0.1, 0.15) is 0 Å². The first-order chi connectivity index (χ1) is 7.19. The number of nitrogens with one attached hydrogen (secondary N) is 1. The van der Waals surface area contributed by atoms with Crippen LogP contribution < -0.4 is 5.32 Å². The first kappa shape index (κ1) is 10.7. The maximum atomic E-state index is 11.6. The van der Waals surface area contributed by atoms with Crippen molar-refractivity contribution in [2.24, 2.45) is 11.3 Å². The maximum absolute atomic E-state index is 11.6. The van der Waals surface area contributed by atoms with Gasteiger partial charge in [0.2, 0.25) is 0 Å². The SMILES string of the molecule is CCC1(CNC(=O)N2CC(CO)C2)CC1. The van der Waals surface area contributed by atoms with Crippen LogP contribution in [0.5, 0.6) is 0 Å². The standard InChI is InChI=1S/C11H20N2O2/c1-2-11(3-4-11)8-12-10(15)13-5-9(6-13)7-14/h9,14H,2-8H2,1H3,(H,12,15). The fourth-order valence-corrected chi connectivity index (χ4v) is 2.06. The number of aliphatic hydroxyl groups excluding tert-OH is 1. The van der Waals surface area contributed by atoms with Gasteiger partial charge in [0.25, 0.3) is 0 Å². The summed E-state index contributed by atoms with van der Waals surface area (Å²) in [4.78, 5) is 13.4. The Labute approximate surface area is 90.6 Å². The Morgan fingerprint density at radius 1 is 1.53 bits per heavy atom. The van der Waals surface area contributed by atoms with Crippen molar-refractivity contribution >= 4 is 6.03 Å². The van der Waals surface area contributed by atoms with E-state index in [0.717, 1.165) is 13.0 Å². The van der Waals surface area contributed by atoms with E-state index in [9.17, 15) is 4.79 Å². The molecule has 0 spiro atoms. The van der Waals surface area contributed by atoms with Crippen LogP contribution in [-0.2, 0) is 0 Å². The Morgan fingerprint density at radius 2 is 2.20 bits per heavy atom. The molecule has 2 rings (SSSR count). The number of urea groups is 1. The lowest BCUT2D eigenvalue weighted by Crippen LogP contribution is -2.55. The van der Waals surface area contributed by atoms with Gasteiger partial charge in [-0.25, -0.2) is 4.79 Å². The molecule has 0 radical (unpaired) electrons. The summed E-state index contributed by atoms with van der Waals surface area (Å²) in [7, 11) is 0. The number of aliphatic hydroxyl groups is 1. The van der Waals surface area contributed by atoms with E-state index < -0.39 is 0 Å². The summed E-state index contributed by atoms with van der Waals surface area (Å²) >= 11 is 0. The third-order valence-corrected chi connectivity index (χ3v) is 3.82. The fraction of sp³-hybridized carbons (Fsp3) is 0.909. The molecule has 2 fully saturated rings. The molecule has 2 aliphatic rings. The number of carbonyl (C=O) groups is 1. The summed E-state index contributed by atoms with van der Waals surface area (Å²) < 4.78 is 0. The van der Waals surface area contributed by atoms with E-state index in [0.29, 0.717) is 24.4 Å². The smallest absolute Gasteiger partial charge is 0.317 e. The largest absolute Gasteiger partial charge is 0.396 e. The van der Waals surface area contributed by atoms with Crippen LogP contribution in [0.2, 0.25) is 0 Å². The molecule has 2 amide bonds. The highest BCUT2D eigenvalue weighted by Crippen LogP contribution is 2.47. The quantitative estimate of drug-likeness (QED) is 0.724. The van der Waals surface area contributed by atoms with Crippen molar-refractivity contribution in [2.75, 3.05) is 26.2 Å². The molecule has 2 N–H and O–H groups in total. The highest BCUT2D eigenvalue weighted by molar-refractivity contribution is 5.75. The molecule has 1 aliphatic heterocycles. The van der Waals surface area contributed by atoms with Gasteiger partial charge in [0, 0.05) is 32.2 Å². The second-order valence-electron chi connectivity index (χ2n) is 4.97. The summed E-state index contributed by atoms with van der Waals surface area (Å²) in [5, 5.41) is 11.8. The normalized spacial score (nSPS) is 23.5. The second-order valence-corrected chi connectivity index (χ2v) is 4.97. The van der Waals surface area contributed by atoms with Crippen LogP contribution in [0.15, 0.2) is 0 Å². The minimum atomic E-state index is 0.0411. The molecule has 4 heteroatoms. The van der Waals surface area contributed by atoms with Crippen LogP contribution in [-0.4, -0.2) is 42.3 Å². The van der Waals surface area contributed by atoms with Crippen LogP contribution in [0, 0.1) is 11.3 Å². The van der Waals surface area contributed by atoms with Gasteiger partial charge in [-0.15, -0.1) is 0 Å². The number of nitrogens with zero attached hydrogens (tertiary/aromatic N) is 1. The van der Waals surface area contributed by atoms with Crippen molar-refractivity contribution in [3.8, 4) is 0 Å². The molecule has 4 nitrogen and oxygen atoms in total. The van der Waals surface area contributed by atoms with Gasteiger partial charge in [-0.1, -0.05) is 6.92 Å². The number of likely N-dealkylation sites (tertiary alicyclic amines) is 1. The Morgan fingerprint density at radius 3 is 2.67 bits per heavy atom. The number of rotatable bonds is 4. The van der Waals surface area contributed by atoms with Gasteiger partial charge in [-0.3, -0.25) is 0 Å². The van der Waals surface area contributed by atoms with Crippen LogP contribution >= 0.6 is 0 Å². The molecule has 0 aromatic rings. The fourth-order valence-electron chi connectivity index (χ4n) is 2.06. The summed E-state index contributed by atoms with van der Waals surface area (Å²) in [5.74, 6) is 0.303. The summed E-state index contributed by atoms with van der Waals surface area (Å²) in [6.45, 7) is 4.62. The number of carbonyl (C=O) groups excluding carboxylic acids is 1. The van der Waals surface area contributed by atoms with Gasteiger partial charge in [-0.05, 0) is 24.7 Å². The molecule has 1 saturated carbocycles. The van der Waals surface area contributed by atoms with Crippen LogP contribution in [0.4, 0.5) is 4.79 Å². The predicted molar refractivity (Wildman–Crippen MR) is 57.5 cm³/mol. The van der Waals surface area contributed by atoms with Gasteiger partial charge in [-0.2, -0.15) is 0 Å². The minimum absolute atomic E-state index is 0.0411. The molecule has 0 bridgehead atoms. The highest BCUT2D eigenvalue weighted by atomic mass is 16.3. The van der Waals surface area contributed by atoms with Crippen LogP contribution in [0.25, 0.3) is 0 Å². The summed E-state index contributed by atoms with van der Waals surface area (Å²) in [6, 6.07) is 0.0411. The van der Waals surface area contributed by atoms with Gasteiger partial charge in [0.15, 0.2) is 0 Å². The molecule has 1 saturated heterocycles. The van der Waals surface area contributed by atoms with E-state index in [2.05, 4.69) is 12.2 Å².